The van der Waals surface area contributed by atoms with Crippen molar-refractivity contribution in [2.75, 3.05) is 33.0 Å². The van der Waals surface area contributed by atoms with E-state index in [1.807, 2.05) is 30.3 Å². The van der Waals surface area contributed by atoms with Gasteiger partial charge in [0.2, 0.25) is 12.7 Å². The van der Waals surface area contributed by atoms with Crippen LogP contribution in [0.25, 0.3) is 0 Å². The number of nitrogens with zero attached hydrogens (tertiary/aromatic N) is 2. The first-order chi connectivity index (χ1) is 13.5. The zero-order valence-electron chi connectivity index (χ0n) is 15.8. The van der Waals surface area contributed by atoms with Crippen LogP contribution in [0.1, 0.15) is 22.8 Å². The third-order valence-corrected chi connectivity index (χ3v) is 5.29. The fraction of sp³-hybridized carbons (Fsp3) is 0.333. The molecule has 0 saturated carbocycles. The quantitative estimate of drug-likeness (QED) is 0.872. The van der Waals surface area contributed by atoms with Crippen molar-refractivity contribution in [3.63, 3.8) is 0 Å². The van der Waals surface area contributed by atoms with Crippen LogP contribution in [0.3, 0.4) is 0 Å². The Balaban J connectivity index is 1.40. The van der Waals surface area contributed by atoms with Gasteiger partial charge in [0.1, 0.15) is 5.54 Å². The average Bonchev–Trinajstić information content (AvgIpc) is 3.21. The average molecular weight is 381 g/mol. The zero-order chi connectivity index (χ0) is 19.7. The van der Waals surface area contributed by atoms with Crippen LogP contribution in [-0.2, 0) is 10.3 Å². The van der Waals surface area contributed by atoms with Crippen molar-refractivity contribution in [3.05, 3.63) is 59.7 Å². The number of benzene rings is 2. The van der Waals surface area contributed by atoms with E-state index >= 15 is 0 Å². The molecule has 0 aromatic heterocycles. The van der Waals surface area contributed by atoms with Crippen LogP contribution >= 0.6 is 0 Å². The van der Waals surface area contributed by atoms with Gasteiger partial charge in [0.15, 0.2) is 11.5 Å². The second kappa shape index (κ2) is 7.16. The molecule has 1 unspecified atom stereocenters. The minimum atomic E-state index is -1.09. The molecule has 0 bridgehead atoms. The molecular weight excluding hydrogens is 358 g/mol. The second-order valence-electron chi connectivity index (χ2n) is 7.22. The molecule has 0 radical (unpaired) electrons. The molecule has 2 aliphatic rings. The molecule has 28 heavy (non-hydrogen) atoms. The van der Waals surface area contributed by atoms with Gasteiger partial charge in [0.25, 0.3) is 5.91 Å². The van der Waals surface area contributed by atoms with Crippen molar-refractivity contribution in [3.8, 4) is 11.5 Å². The molecule has 2 N–H and O–H groups in total. The standard InChI is InChI=1S/C21H23N3O4/c1-21(22,16-5-3-2-4-6-16)20(26)24-11-9-23(10-12-24)19(25)15-7-8-17-18(13-15)28-14-27-17/h2-8,13H,9-12,14,22H2,1H3. The highest BCUT2D eigenvalue weighted by Crippen LogP contribution is 2.33. The number of amides is 2. The lowest BCUT2D eigenvalue weighted by Crippen LogP contribution is -2.57. The Morgan fingerprint density at radius 3 is 2.29 bits per heavy atom. The van der Waals surface area contributed by atoms with Crippen LogP contribution < -0.4 is 15.2 Å². The Bertz CT molecular complexity index is 890. The summed E-state index contributed by atoms with van der Waals surface area (Å²) in [4.78, 5) is 29.2. The number of piperazine rings is 1. The molecule has 1 saturated heterocycles. The maximum atomic E-state index is 13.0. The fourth-order valence-electron chi connectivity index (χ4n) is 3.56. The molecular formula is C21H23N3O4. The molecule has 4 rings (SSSR count). The Hall–Kier alpha value is -3.06. The molecule has 0 spiro atoms. The summed E-state index contributed by atoms with van der Waals surface area (Å²) in [5.41, 5.74) is 6.59. The van der Waals surface area contributed by atoms with Crippen molar-refractivity contribution < 1.29 is 19.1 Å². The Kier molecular flexibility index (Phi) is 4.68. The maximum absolute atomic E-state index is 13.0. The van der Waals surface area contributed by atoms with Crippen molar-refractivity contribution in [2.45, 2.75) is 12.5 Å². The highest BCUT2D eigenvalue weighted by molar-refractivity contribution is 5.95. The number of fused-ring (bicyclic) bond motifs is 1. The van der Waals surface area contributed by atoms with E-state index in [4.69, 9.17) is 15.2 Å². The first kappa shape index (κ1) is 18.3. The lowest BCUT2D eigenvalue weighted by atomic mass is 9.91. The zero-order valence-corrected chi connectivity index (χ0v) is 15.8. The molecule has 1 atom stereocenters. The lowest BCUT2D eigenvalue weighted by molar-refractivity contribution is -0.138. The summed E-state index contributed by atoms with van der Waals surface area (Å²) < 4.78 is 10.6. The highest BCUT2D eigenvalue weighted by Gasteiger charge is 2.36. The molecule has 2 amide bonds. The van der Waals surface area contributed by atoms with Crippen molar-refractivity contribution in [1.29, 1.82) is 0 Å². The van der Waals surface area contributed by atoms with Crippen LogP contribution in [0, 0.1) is 0 Å². The number of hydrogen-bond donors (Lipinski definition) is 1. The smallest absolute Gasteiger partial charge is 0.254 e. The van der Waals surface area contributed by atoms with Crippen LogP contribution in [0.15, 0.2) is 48.5 Å². The Morgan fingerprint density at radius 2 is 1.57 bits per heavy atom. The third kappa shape index (κ3) is 3.29. The summed E-state index contributed by atoms with van der Waals surface area (Å²) in [5.74, 6) is 1.02. The van der Waals surface area contributed by atoms with E-state index in [1.54, 1.807) is 34.9 Å². The first-order valence-electron chi connectivity index (χ1n) is 9.29. The molecule has 7 nitrogen and oxygen atoms in total. The lowest BCUT2D eigenvalue weighted by Gasteiger charge is -2.38. The predicted molar refractivity (Wildman–Crippen MR) is 103 cm³/mol. The maximum Gasteiger partial charge on any atom is 0.254 e. The number of nitrogens with two attached hydrogens (primary N) is 1. The van der Waals surface area contributed by atoms with Crippen molar-refractivity contribution in [1.82, 2.24) is 9.80 Å². The van der Waals surface area contributed by atoms with E-state index < -0.39 is 5.54 Å². The van der Waals surface area contributed by atoms with E-state index in [-0.39, 0.29) is 18.6 Å². The van der Waals surface area contributed by atoms with Gasteiger partial charge in [-0.2, -0.15) is 0 Å². The summed E-state index contributed by atoms with van der Waals surface area (Å²) in [7, 11) is 0. The molecule has 1 fully saturated rings. The molecule has 2 heterocycles. The van der Waals surface area contributed by atoms with Gasteiger partial charge in [-0.25, -0.2) is 0 Å². The van der Waals surface area contributed by atoms with Gasteiger partial charge < -0.3 is 25.0 Å². The second-order valence-corrected chi connectivity index (χ2v) is 7.22. The summed E-state index contributed by atoms with van der Waals surface area (Å²) >= 11 is 0. The third-order valence-electron chi connectivity index (χ3n) is 5.29. The van der Waals surface area contributed by atoms with E-state index in [9.17, 15) is 9.59 Å². The predicted octanol–water partition coefficient (Wildman–Crippen LogP) is 1.57. The Labute approximate surface area is 163 Å². The topological polar surface area (TPSA) is 85.1 Å². The van der Waals surface area contributed by atoms with Crippen LogP contribution in [0.4, 0.5) is 0 Å². The van der Waals surface area contributed by atoms with Crippen LogP contribution in [-0.4, -0.2) is 54.6 Å². The number of hydrogen-bond acceptors (Lipinski definition) is 5. The van der Waals surface area contributed by atoms with E-state index in [1.165, 1.54) is 0 Å². The number of carbonyl (C=O) groups excluding carboxylic acids is 2. The van der Waals surface area contributed by atoms with E-state index in [2.05, 4.69) is 0 Å². The molecule has 146 valence electrons. The van der Waals surface area contributed by atoms with Gasteiger partial charge in [-0.3, -0.25) is 9.59 Å². The SMILES string of the molecule is CC(N)(C(=O)N1CCN(C(=O)c2ccc3c(c2)OCO3)CC1)c1ccccc1. The number of carbonyl (C=O) groups is 2. The number of rotatable bonds is 3. The monoisotopic (exact) mass is 381 g/mol. The van der Waals surface area contributed by atoms with Gasteiger partial charge in [0.05, 0.1) is 0 Å². The normalized spacial score (nSPS) is 17.9. The van der Waals surface area contributed by atoms with E-state index in [0.717, 1.165) is 5.56 Å². The van der Waals surface area contributed by atoms with Gasteiger partial charge >= 0.3 is 0 Å². The minimum absolute atomic E-state index is 0.0797. The Morgan fingerprint density at radius 1 is 0.929 bits per heavy atom. The number of ether oxygens (including phenoxy) is 2. The first-order valence-corrected chi connectivity index (χ1v) is 9.29. The molecule has 7 heteroatoms. The van der Waals surface area contributed by atoms with Crippen LogP contribution in [0.2, 0.25) is 0 Å². The van der Waals surface area contributed by atoms with Gasteiger partial charge in [0, 0.05) is 31.7 Å². The largest absolute Gasteiger partial charge is 0.454 e. The van der Waals surface area contributed by atoms with Crippen molar-refractivity contribution in [2.24, 2.45) is 5.73 Å². The summed E-state index contributed by atoms with van der Waals surface area (Å²) in [5, 5.41) is 0. The molecule has 2 aliphatic heterocycles. The van der Waals surface area contributed by atoms with Gasteiger partial charge in [-0.05, 0) is 30.7 Å². The van der Waals surface area contributed by atoms with Gasteiger partial charge in [-0.15, -0.1) is 0 Å². The fourth-order valence-corrected chi connectivity index (χ4v) is 3.56. The molecule has 2 aromatic rings. The minimum Gasteiger partial charge on any atom is -0.454 e. The van der Waals surface area contributed by atoms with E-state index in [0.29, 0.717) is 43.2 Å². The highest BCUT2D eigenvalue weighted by atomic mass is 16.7. The van der Waals surface area contributed by atoms with Crippen molar-refractivity contribution >= 4 is 11.8 Å². The molecule has 2 aromatic carbocycles. The molecule has 0 aliphatic carbocycles. The summed E-state index contributed by atoms with van der Waals surface area (Å²) in [6.07, 6.45) is 0. The van der Waals surface area contributed by atoms with Crippen LogP contribution in [0.5, 0.6) is 11.5 Å². The summed E-state index contributed by atoms with van der Waals surface area (Å²) in [6, 6.07) is 14.5. The van der Waals surface area contributed by atoms with Gasteiger partial charge in [-0.1, -0.05) is 30.3 Å². The summed E-state index contributed by atoms with van der Waals surface area (Å²) in [6.45, 7) is 3.74.